The van der Waals surface area contributed by atoms with Crippen LogP contribution in [-0.4, -0.2) is 34.7 Å². The largest absolute Gasteiger partial charge is 0.421 e. The summed E-state index contributed by atoms with van der Waals surface area (Å²) in [6.07, 6.45) is 4.88. The van der Waals surface area contributed by atoms with Crippen LogP contribution in [0.5, 0.6) is 0 Å². The third-order valence-corrected chi connectivity index (χ3v) is 3.35. The number of hydrogen-bond acceptors (Lipinski definition) is 7. The molecular weight excluding hydrogens is 302 g/mol. The fourth-order valence-electron chi connectivity index (χ4n) is 2.13. The summed E-state index contributed by atoms with van der Waals surface area (Å²) in [5, 5.41) is 26.9. The predicted octanol–water partition coefficient (Wildman–Crippen LogP) is 1.61. The molecule has 0 N–H and O–H groups in total. The van der Waals surface area contributed by atoms with Crippen molar-refractivity contribution in [3.8, 4) is 11.5 Å². The van der Waals surface area contributed by atoms with Gasteiger partial charge >= 0.3 is 5.69 Å². The average molecular weight is 317 g/mol. The van der Waals surface area contributed by atoms with E-state index in [-0.39, 0.29) is 5.69 Å². The molecule has 3 aromatic heterocycles. The number of nitro groups is 1. The van der Waals surface area contributed by atoms with Gasteiger partial charge in [0.05, 0.1) is 16.2 Å². The lowest BCUT2D eigenvalue weighted by molar-refractivity contribution is -0.385. The molecule has 0 aliphatic carbocycles. The van der Waals surface area contributed by atoms with E-state index in [1.165, 1.54) is 17.1 Å². The third-order valence-electron chi connectivity index (χ3n) is 3.35. The number of nitrogens with zero attached hydrogens (tertiary/aromatic N) is 7. The molecule has 23 heavy (non-hydrogen) atoms. The van der Waals surface area contributed by atoms with Gasteiger partial charge in [0.25, 0.3) is 5.89 Å². The average Bonchev–Trinajstić information content (AvgIpc) is 3.24. The maximum Gasteiger partial charge on any atom is 0.306 e. The van der Waals surface area contributed by atoms with Crippen LogP contribution in [0, 0.1) is 17.0 Å². The summed E-state index contributed by atoms with van der Waals surface area (Å²) >= 11 is 0. The van der Waals surface area contributed by atoms with E-state index in [0.29, 0.717) is 24.7 Å². The maximum absolute atomic E-state index is 10.6. The number of aryl methyl sites for hydroxylation is 4. The third kappa shape index (κ3) is 3.10. The summed E-state index contributed by atoms with van der Waals surface area (Å²) in [7, 11) is 0. The van der Waals surface area contributed by atoms with E-state index >= 15 is 0 Å². The Morgan fingerprint density at radius 1 is 1.30 bits per heavy atom. The van der Waals surface area contributed by atoms with Crippen molar-refractivity contribution in [1.29, 1.82) is 0 Å². The van der Waals surface area contributed by atoms with E-state index < -0.39 is 4.92 Å². The molecule has 0 saturated carbocycles. The van der Waals surface area contributed by atoms with Crippen molar-refractivity contribution in [3.05, 3.63) is 40.3 Å². The molecule has 0 unspecified atom stereocenters. The molecule has 0 atom stereocenters. The van der Waals surface area contributed by atoms with Crippen LogP contribution in [-0.2, 0) is 19.5 Å². The van der Waals surface area contributed by atoms with Crippen molar-refractivity contribution in [2.24, 2.45) is 0 Å². The monoisotopic (exact) mass is 317 g/mol. The van der Waals surface area contributed by atoms with Crippen molar-refractivity contribution in [2.75, 3.05) is 0 Å². The Balaban J connectivity index is 1.69. The Morgan fingerprint density at radius 2 is 2.13 bits per heavy atom. The quantitative estimate of drug-likeness (QED) is 0.500. The fourth-order valence-corrected chi connectivity index (χ4v) is 2.13. The van der Waals surface area contributed by atoms with E-state index in [1.807, 2.05) is 20.0 Å². The fraction of sp³-hybridized carbons (Fsp3) is 0.385. The van der Waals surface area contributed by atoms with Gasteiger partial charge in [0, 0.05) is 25.7 Å². The molecule has 0 aliphatic heterocycles. The van der Waals surface area contributed by atoms with Crippen LogP contribution in [0.15, 0.2) is 23.0 Å². The Kier molecular flexibility index (Phi) is 3.87. The van der Waals surface area contributed by atoms with Gasteiger partial charge < -0.3 is 4.42 Å². The van der Waals surface area contributed by atoms with Crippen LogP contribution in [0.3, 0.4) is 0 Å². The van der Waals surface area contributed by atoms with Crippen LogP contribution in [0.2, 0.25) is 0 Å². The van der Waals surface area contributed by atoms with Gasteiger partial charge in [-0.3, -0.25) is 19.5 Å². The van der Waals surface area contributed by atoms with Crippen LogP contribution in [0.25, 0.3) is 11.5 Å². The minimum atomic E-state index is -0.484. The molecule has 0 aliphatic rings. The summed E-state index contributed by atoms with van der Waals surface area (Å²) in [5.41, 5.74) is 1.59. The lowest BCUT2D eigenvalue weighted by atomic mass is 10.3. The van der Waals surface area contributed by atoms with Gasteiger partial charge in [-0.05, 0) is 13.8 Å². The standard InChI is InChI=1S/C13H15N7O3/c1-3-18-8-11(9(2)17-18)13-16-15-12(23-13)4-5-19-7-10(6-14-19)20(21)22/h6-8H,3-5H2,1-2H3. The first-order chi connectivity index (χ1) is 11.1. The number of rotatable bonds is 6. The van der Waals surface area contributed by atoms with Crippen LogP contribution in [0.1, 0.15) is 18.5 Å². The van der Waals surface area contributed by atoms with Crippen molar-refractivity contribution in [3.63, 3.8) is 0 Å². The van der Waals surface area contributed by atoms with Crippen molar-refractivity contribution < 1.29 is 9.34 Å². The van der Waals surface area contributed by atoms with E-state index in [4.69, 9.17) is 4.42 Å². The molecule has 0 fully saturated rings. The number of aromatic nitrogens is 6. The van der Waals surface area contributed by atoms with Gasteiger partial charge in [-0.25, -0.2) is 0 Å². The lowest BCUT2D eigenvalue weighted by Gasteiger charge is -1.96. The Hall–Kier alpha value is -3.04. The van der Waals surface area contributed by atoms with Gasteiger partial charge in [0.2, 0.25) is 5.89 Å². The van der Waals surface area contributed by atoms with Gasteiger partial charge in [-0.2, -0.15) is 10.2 Å². The summed E-state index contributed by atoms with van der Waals surface area (Å²) in [6.45, 7) is 5.07. The summed E-state index contributed by atoms with van der Waals surface area (Å²) in [6, 6.07) is 0. The first-order valence-electron chi connectivity index (χ1n) is 7.10. The predicted molar refractivity (Wildman–Crippen MR) is 78.5 cm³/mol. The molecule has 3 heterocycles. The molecule has 0 aromatic carbocycles. The molecule has 0 spiro atoms. The zero-order chi connectivity index (χ0) is 16.4. The van der Waals surface area contributed by atoms with Crippen LogP contribution >= 0.6 is 0 Å². The molecular formula is C13H15N7O3. The van der Waals surface area contributed by atoms with Gasteiger partial charge in [-0.15, -0.1) is 10.2 Å². The number of hydrogen-bond donors (Lipinski definition) is 0. The van der Waals surface area contributed by atoms with Crippen molar-refractivity contribution in [1.82, 2.24) is 29.8 Å². The highest BCUT2D eigenvalue weighted by molar-refractivity contribution is 5.54. The topological polar surface area (TPSA) is 118 Å². The van der Waals surface area contributed by atoms with E-state index in [9.17, 15) is 10.1 Å². The molecule has 0 radical (unpaired) electrons. The smallest absolute Gasteiger partial charge is 0.306 e. The Morgan fingerprint density at radius 3 is 2.78 bits per heavy atom. The first-order valence-corrected chi connectivity index (χ1v) is 7.10. The van der Waals surface area contributed by atoms with Gasteiger partial charge in [0.15, 0.2) is 0 Å². The minimum Gasteiger partial charge on any atom is -0.421 e. The maximum atomic E-state index is 10.6. The molecule has 0 saturated heterocycles. The second-order valence-corrected chi connectivity index (χ2v) is 4.95. The Bertz CT molecular complexity index is 832. The summed E-state index contributed by atoms with van der Waals surface area (Å²) < 4.78 is 8.91. The van der Waals surface area contributed by atoms with Crippen molar-refractivity contribution >= 4 is 5.69 Å². The van der Waals surface area contributed by atoms with E-state index in [2.05, 4.69) is 20.4 Å². The second-order valence-electron chi connectivity index (χ2n) is 4.95. The molecule has 3 rings (SSSR count). The van der Waals surface area contributed by atoms with E-state index in [1.54, 1.807) is 4.68 Å². The highest BCUT2D eigenvalue weighted by Gasteiger charge is 2.15. The summed E-state index contributed by atoms with van der Waals surface area (Å²) in [4.78, 5) is 10.1. The van der Waals surface area contributed by atoms with Crippen molar-refractivity contribution in [2.45, 2.75) is 33.4 Å². The SMILES string of the molecule is CCn1cc(-c2nnc(CCn3cc([N+](=O)[O-])cn3)o2)c(C)n1. The summed E-state index contributed by atoms with van der Waals surface area (Å²) in [5.74, 6) is 0.866. The molecule has 0 amide bonds. The molecule has 3 aromatic rings. The molecule has 120 valence electrons. The zero-order valence-electron chi connectivity index (χ0n) is 12.7. The molecule has 10 nitrogen and oxygen atoms in total. The van der Waals surface area contributed by atoms with E-state index in [0.717, 1.165) is 17.8 Å². The molecule has 0 bridgehead atoms. The van der Waals surface area contributed by atoms with Gasteiger partial charge in [0.1, 0.15) is 12.4 Å². The minimum absolute atomic E-state index is 0.0428. The molecule has 10 heteroatoms. The highest BCUT2D eigenvalue weighted by atomic mass is 16.6. The second kappa shape index (κ2) is 5.99. The zero-order valence-corrected chi connectivity index (χ0v) is 12.7. The van der Waals surface area contributed by atoms with Crippen LogP contribution < -0.4 is 0 Å². The van der Waals surface area contributed by atoms with Crippen LogP contribution in [0.4, 0.5) is 5.69 Å². The normalized spacial score (nSPS) is 11.0. The van der Waals surface area contributed by atoms with Gasteiger partial charge in [-0.1, -0.05) is 0 Å². The Labute approximate surface area is 130 Å². The lowest BCUT2D eigenvalue weighted by Crippen LogP contribution is -2.01. The highest BCUT2D eigenvalue weighted by Crippen LogP contribution is 2.21. The first kappa shape index (κ1) is 14.9.